The van der Waals surface area contributed by atoms with E-state index in [4.69, 9.17) is 0 Å². The number of amides is 2. The van der Waals surface area contributed by atoms with Gasteiger partial charge in [-0.2, -0.15) is 0 Å². The first-order chi connectivity index (χ1) is 14.6. The van der Waals surface area contributed by atoms with Crippen LogP contribution in [0.15, 0.2) is 59.6 Å². The van der Waals surface area contributed by atoms with Gasteiger partial charge in [0.25, 0.3) is 11.8 Å². The van der Waals surface area contributed by atoms with Gasteiger partial charge in [0.15, 0.2) is 0 Å². The number of hydrogen-bond donors (Lipinski definition) is 2. The van der Waals surface area contributed by atoms with Crippen LogP contribution in [0.4, 0.5) is 11.4 Å². The van der Waals surface area contributed by atoms with Gasteiger partial charge in [-0.1, -0.05) is 30.3 Å². The molecule has 0 bridgehead atoms. The summed E-state index contributed by atoms with van der Waals surface area (Å²) < 4.78 is 0. The van der Waals surface area contributed by atoms with E-state index in [2.05, 4.69) is 20.6 Å². The highest BCUT2D eigenvalue weighted by molar-refractivity contribution is 6.43. The van der Waals surface area contributed by atoms with Crippen LogP contribution in [-0.4, -0.2) is 48.2 Å². The Kier molecular flexibility index (Phi) is 6.09. The van der Waals surface area contributed by atoms with E-state index in [0.29, 0.717) is 11.4 Å². The van der Waals surface area contributed by atoms with Crippen molar-refractivity contribution >= 4 is 29.0 Å². The van der Waals surface area contributed by atoms with E-state index >= 15 is 0 Å². The molecule has 2 aromatic carbocycles. The zero-order valence-corrected chi connectivity index (χ0v) is 17.2. The van der Waals surface area contributed by atoms with E-state index in [0.717, 1.165) is 13.0 Å². The van der Waals surface area contributed by atoms with Crippen molar-refractivity contribution in [3.63, 3.8) is 0 Å². The maximum absolute atomic E-state index is 12.7. The van der Waals surface area contributed by atoms with Crippen molar-refractivity contribution in [2.24, 2.45) is 4.99 Å². The van der Waals surface area contributed by atoms with Crippen molar-refractivity contribution in [2.45, 2.75) is 32.2 Å². The van der Waals surface area contributed by atoms with Crippen LogP contribution in [0.1, 0.15) is 25.3 Å². The Hall–Kier alpha value is -3.19. The van der Waals surface area contributed by atoms with Crippen LogP contribution in [0.5, 0.6) is 0 Å². The first kappa shape index (κ1) is 20.1. The summed E-state index contributed by atoms with van der Waals surface area (Å²) in [5.41, 5.74) is 5.46. The quantitative estimate of drug-likeness (QED) is 0.775. The smallest absolute Gasteiger partial charge is 0.292 e. The van der Waals surface area contributed by atoms with E-state index in [9.17, 15) is 9.59 Å². The number of nitrogens with zero attached hydrogens (tertiary/aromatic N) is 3. The van der Waals surface area contributed by atoms with Crippen molar-refractivity contribution in [3.05, 3.63) is 60.2 Å². The predicted octanol–water partition coefficient (Wildman–Crippen LogP) is 2.60. The minimum Gasteiger partial charge on any atom is -0.319 e. The minimum atomic E-state index is -0.639. The number of rotatable bonds is 6. The maximum atomic E-state index is 12.7. The summed E-state index contributed by atoms with van der Waals surface area (Å²) >= 11 is 0. The van der Waals surface area contributed by atoms with E-state index in [1.807, 2.05) is 42.5 Å². The zero-order valence-electron chi connectivity index (χ0n) is 17.2. The number of carbonyl (C=O) groups is 2. The number of hydrazine groups is 1. The molecule has 0 spiro atoms. The maximum Gasteiger partial charge on any atom is 0.292 e. The number of hydrogen-bond acceptors (Lipinski definition) is 5. The summed E-state index contributed by atoms with van der Waals surface area (Å²) in [6.45, 7) is 5.16. The number of benzene rings is 2. The highest BCUT2D eigenvalue weighted by Crippen LogP contribution is 2.17. The van der Waals surface area contributed by atoms with Crippen LogP contribution in [0, 0.1) is 0 Å². The van der Waals surface area contributed by atoms with E-state index in [-0.39, 0.29) is 17.6 Å². The van der Waals surface area contributed by atoms with Crippen LogP contribution in [0.3, 0.4) is 0 Å². The number of amidine groups is 1. The standard InChI is InChI=1S/C23H27N5O2/c1-17-23(30)28(20-7-3-2-4-8-20)26-21(24-17)22(29)25-19-11-9-18(10-12-19)13-16-27-14-5-6-15-27/h2-4,7-12,17H,5-6,13-16H2,1H3,(H,24,26)(H,25,29). The molecule has 2 aliphatic rings. The van der Waals surface area contributed by atoms with Gasteiger partial charge in [-0.15, -0.1) is 0 Å². The third-order valence-electron chi connectivity index (χ3n) is 5.47. The second kappa shape index (κ2) is 9.09. The Balaban J connectivity index is 1.38. The van der Waals surface area contributed by atoms with Gasteiger partial charge >= 0.3 is 0 Å². The van der Waals surface area contributed by atoms with E-state index in [1.54, 1.807) is 19.1 Å². The Morgan fingerprint density at radius 1 is 1.10 bits per heavy atom. The molecule has 2 N–H and O–H groups in total. The SMILES string of the molecule is CC1N=C(C(=O)Nc2ccc(CCN3CCCC3)cc2)NN(c2ccccc2)C1=O. The van der Waals surface area contributed by atoms with Gasteiger partial charge in [-0.3, -0.25) is 15.0 Å². The van der Waals surface area contributed by atoms with Crippen LogP contribution in [-0.2, 0) is 16.0 Å². The molecule has 1 unspecified atom stereocenters. The van der Waals surface area contributed by atoms with Crippen LogP contribution in [0.25, 0.3) is 0 Å². The highest BCUT2D eigenvalue weighted by Gasteiger charge is 2.30. The number of anilines is 2. The molecule has 0 saturated carbocycles. The number of para-hydroxylation sites is 1. The van der Waals surface area contributed by atoms with Gasteiger partial charge in [0.05, 0.1) is 5.69 Å². The lowest BCUT2D eigenvalue weighted by atomic mass is 10.1. The molecule has 0 radical (unpaired) electrons. The summed E-state index contributed by atoms with van der Waals surface area (Å²) in [5, 5.41) is 4.23. The molecule has 7 nitrogen and oxygen atoms in total. The zero-order chi connectivity index (χ0) is 20.9. The number of aliphatic imine (C=N–C) groups is 1. The molecule has 1 saturated heterocycles. The second-order valence-corrected chi connectivity index (χ2v) is 7.72. The fourth-order valence-corrected chi connectivity index (χ4v) is 3.74. The minimum absolute atomic E-state index is 0.115. The lowest BCUT2D eigenvalue weighted by Crippen LogP contribution is -2.57. The summed E-state index contributed by atoms with van der Waals surface area (Å²) in [7, 11) is 0. The number of nitrogens with one attached hydrogen (secondary N) is 2. The summed E-state index contributed by atoms with van der Waals surface area (Å²) in [4.78, 5) is 31.9. The fraction of sp³-hybridized carbons (Fsp3) is 0.348. The van der Waals surface area contributed by atoms with Crippen molar-refractivity contribution in [1.29, 1.82) is 0 Å². The second-order valence-electron chi connectivity index (χ2n) is 7.72. The molecule has 1 fully saturated rings. The van der Waals surface area contributed by atoms with Gasteiger partial charge in [0, 0.05) is 12.2 Å². The molecular weight excluding hydrogens is 378 g/mol. The molecular formula is C23H27N5O2. The molecule has 2 aliphatic heterocycles. The topological polar surface area (TPSA) is 77.0 Å². The van der Waals surface area contributed by atoms with Crippen molar-refractivity contribution in [1.82, 2.24) is 10.3 Å². The van der Waals surface area contributed by atoms with Gasteiger partial charge in [0.2, 0.25) is 5.84 Å². The molecule has 156 valence electrons. The molecule has 0 aliphatic carbocycles. The number of likely N-dealkylation sites (tertiary alicyclic amines) is 1. The predicted molar refractivity (Wildman–Crippen MR) is 118 cm³/mol. The Labute approximate surface area is 176 Å². The molecule has 2 amide bonds. The lowest BCUT2D eigenvalue weighted by Gasteiger charge is -2.30. The van der Waals surface area contributed by atoms with E-state index in [1.165, 1.54) is 36.5 Å². The van der Waals surface area contributed by atoms with Crippen molar-refractivity contribution < 1.29 is 9.59 Å². The molecule has 4 rings (SSSR count). The van der Waals surface area contributed by atoms with Gasteiger partial charge < -0.3 is 10.2 Å². The molecule has 30 heavy (non-hydrogen) atoms. The average Bonchev–Trinajstić information content (AvgIpc) is 3.29. The third kappa shape index (κ3) is 4.68. The molecule has 7 heteroatoms. The first-order valence-electron chi connectivity index (χ1n) is 10.5. The van der Waals surface area contributed by atoms with Crippen LogP contribution >= 0.6 is 0 Å². The largest absolute Gasteiger partial charge is 0.319 e. The Bertz CT molecular complexity index is 920. The normalized spacial score (nSPS) is 19.4. The fourth-order valence-electron chi connectivity index (χ4n) is 3.74. The molecule has 2 heterocycles. The number of carbonyl (C=O) groups excluding carboxylic acids is 2. The molecule has 0 aromatic heterocycles. The van der Waals surface area contributed by atoms with Crippen LogP contribution in [0.2, 0.25) is 0 Å². The summed E-state index contributed by atoms with van der Waals surface area (Å²) in [5.74, 6) is -0.468. The summed E-state index contributed by atoms with van der Waals surface area (Å²) in [6, 6.07) is 16.4. The average molecular weight is 406 g/mol. The van der Waals surface area contributed by atoms with Gasteiger partial charge in [0.1, 0.15) is 6.04 Å². The van der Waals surface area contributed by atoms with Gasteiger partial charge in [-0.25, -0.2) is 10.0 Å². The molecule has 2 aromatic rings. The van der Waals surface area contributed by atoms with Crippen LogP contribution < -0.4 is 15.8 Å². The van der Waals surface area contributed by atoms with E-state index < -0.39 is 6.04 Å². The highest BCUT2D eigenvalue weighted by atomic mass is 16.2. The van der Waals surface area contributed by atoms with Crippen molar-refractivity contribution in [3.8, 4) is 0 Å². The lowest BCUT2D eigenvalue weighted by molar-refractivity contribution is -0.120. The Morgan fingerprint density at radius 3 is 2.50 bits per heavy atom. The van der Waals surface area contributed by atoms with Gasteiger partial charge in [-0.05, 0) is 69.1 Å². The monoisotopic (exact) mass is 405 g/mol. The van der Waals surface area contributed by atoms with Crippen molar-refractivity contribution in [2.75, 3.05) is 30.0 Å². The Morgan fingerprint density at radius 2 is 1.80 bits per heavy atom. The summed E-state index contributed by atoms with van der Waals surface area (Å²) in [6.07, 6.45) is 3.61. The first-order valence-corrected chi connectivity index (χ1v) is 10.5. The molecule has 1 atom stereocenters. The third-order valence-corrected chi connectivity index (χ3v) is 5.47.